The van der Waals surface area contributed by atoms with Gasteiger partial charge in [-0.15, -0.1) is 0 Å². The molecule has 2 N–H and O–H groups in total. The van der Waals surface area contributed by atoms with Crippen molar-refractivity contribution in [1.82, 2.24) is 0 Å². The van der Waals surface area contributed by atoms with Crippen LogP contribution < -0.4 is 15.2 Å². The van der Waals surface area contributed by atoms with Crippen molar-refractivity contribution in [2.75, 3.05) is 14.2 Å². The fourth-order valence-electron chi connectivity index (χ4n) is 2.02. The number of hydrogen-bond donors (Lipinski definition) is 1. The largest absolute Gasteiger partial charge is 0.497 e. The lowest BCUT2D eigenvalue weighted by atomic mass is 9.98. The Bertz CT molecular complexity index is 638. The maximum Gasteiger partial charge on any atom is 0.194 e. The standard InChI is InChI=1S/C15H14F3NO2/c1-20-9-3-4-13(21-2)10(7-9)15(19)8-5-11(16)14(18)12(17)6-8/h3-7,15H,19H2,1-2H3. The Morgan fingerprint density at radius 1 is 0.952 bits per heavy atom. The van der Waals surface area contributed by atoms with Crippen molar-refractivity contribution in [3.63, 3.8) is 0 Å². The van der Waals surface area contributed by atoms with Crippen molar-refractivity contribution in [2.24, 2.45) is 5.73 Å². The topological polar surface area (TPSA) is 44.5 Å². The number of rotatable bonds is 4. The van der Waals surface area contributed by atoms with Crippen molar-refractivity contribution in [1.29, 1.82) is 0 Å². The Balaban J connectivity index is 2.51. The third kappa shape index (κ3) is 2.95. The Hall–Kier alpha value is -2.21. The van der Waals surface area contributed by atoms with E-state index in [-0.39, 0.29) is 5.56 Å². The van der Waals surface area contributed by atoms with Gasteiger partial charge in [0.1, 0.15) is 11.5 Å². The quantitative estimate of drug-likeness (QED) is 0.882. The predicted molar refractivity (Wildman–Crippen MR) is 71.9 cm³/mol. The third-order valence-corrected chi connectivity index (χ3v) is 3.14. The zero-order valence-electron chi connectivity index (χ0n) is 11.5. The van der Waals surface area contributed by atoms with E-state index >= 15 is 0 Å². The molecule has 0 saturated carbocycles. The SMILES string of the molecule is COc1ccc(OC)c(C(N)c2cc(F)c(F)c(F)c2)c1. The average molecular weight is 297 g/mol. The summed E-state index contributed by atoms with van der Waals surface area (Å²) in [7, 11) is 2.93. The van der Waals surface area contributed by atoms with Gasteiger partial charge in [0.05, 0.1) is 20.3 Å². The van der Waals surface area contributed by atoms with Crippen LogP contribution in [0.3, 0.4) is 0 Å². The Morgan fingerprint density at radius 2 is 1.57 bits per heavy atom. The molecule has 0 amide bonds. The van der Waals surface area contributed by atoms with Crippen LogP contribution in [-0.2, 0) is 0 Å². The van der Waals surface area contributed by atoms with E-state index in [1.54, 1.807) is 18.2 Å². The summed E-state index contributed by atoms with van der Waals surface area (Å²) < 4.78 is 49.9. The van der Waals surface area contributed by atoms with E-state index in [9.17, 15) is 13.2 Å². The first-order valence-corrected chi connectivity index (χ1v) is 6.10. The van der Waals surface area contributed by atoms with Crippen molar-refractivity contribution < 1.29 is 22.6 Å². The molecule has 21 heavy (non-hydrogen) atoms. The van der Waals surface area contributed by atoms with E-state index in [0.717, 1.165) is 12.1 Å². The van der Waals surface area contributed by atoms with Gasteiger partial charge >= 0.3 is 0 Å². The molecular formula is C15H14F3NO2. The smallest absolute Gasteiger partial charge is 0.194 e. The van der Waals surface area contributed by atoms with Crippen molar-refractivity contribution in [3.8, 4) is 11.5 Å². The molecule has 0 fully saturated rings. The van der Waals surface area contributed by atoms with E-state index in [4.69, 9.17) is 15.2 Å². The van der Waals surface area contributed by atoms with Gasteiger partial charge in [0.2, 0.25) is 0 Å². The fraction of sp³-hybridized carbons (Fsp3) is 0.200. The van der Waals surface area contributed by atoms with Gasteiger partial charge in [0, 0.05) is 5.56 Å². The third-order valence-electron chi connectivity index (χ3n) is 3.14. The van der Waals surface area contributed by atoms with Crippen LogP contribution in [0.2, 0.25) is 0 Å². The van der Waals surface area contributed by atoms with Crippen molar-refractivity contribution >= 4 is 0 Å². The molecule has 1 atom stereocenters. The van der Waals surface area contributed by atoms with Gasteiger partial charge in [-0.05, 0) is 35.9 Å². The van der Waals surface area contributed by atoms with E-state index < -0.39 is 23.5 Å². The zero-order valence-corrected chi connectivity index (χ0v) is 11.5. The highest BCUT2D eigenvalue weighted by Crippen LogP contribution is 2.32. The molecule has 0 aliphatic carbocycles. The van der Waals surface area contributed by atoms with Gasteiger partial charge in [-0.2, -0.15) is 0 Å². The summed E-state index contributed by atoms with van der Waals surface area (Å²) in [5.74, 6) is -3.15. The summed E-state index contributed by atoms with van der Waals surface area (Å²) in [6.07, 6.45) is 0. The van der Waals surface area contributed by atoms with E-state index in [2.05, 4.69) is 0 Å². The number of benzene rings is 2. The molecule has 0 spiro atoms. The number of ether oxygens (including phenoxy) is 2. The van der Waals surface area contributed by atoms with Gasteiger partial charge in [0.25, 0.3) is 0 Å². The first-order chi connectivity index (χ1) is 9.97. The Kier molecular flexibility index (Phi) is 4.37. The van der Waals surface area contributed by atoms with E-state index in [0.29, 0.717) is 17.1 Å². The molecule has 0 aliphatic heterocycles. The van der Waals surface area contributed by atoms with Gasteiger partial charge in [-0.25, -0.2) is 13.2 Å². The average Bonchev–Trinajstić information content (AvgIpc) is 2.50. The minimum Gasteiger partial charge on any atom is -0.497 e. The molecule has 0 heterocycles. The first-order valence-electron chi connectivity index (χ1n) is 6.10. The summed E-state index contributed by atoms with van der Waals surface area (Å²) in [5.41, 5.74) is 6.58. The van der Waals surface area contributed by atoms with Crippen LogP contribution in [0, 0.1) is 17.5 Å². The molecule has 2 aromatic rings. The molecular weight excluding hydrogens is 283 g/mol. The predicted octanol–water partition coefficient (Wildman–Crippen LogP) is 3.17. The first kappa shape index (κ1) is 15.2. The molecule has 112 valence electrons. The van der Waals surface area contributed by atoms with E-state index in [1.165, 1.54) is 14.2 Å². The lowest BCUT2D eigenvalue weighted by molar-refractivity contribution is 0.397. The monoisotopic (exact) mass is 297 g/mol. The molecule has 0 aromatic heterocycles. The maximum absolute atomic E-state index is 13.3. The summed E-state index contributed by atoms with van der Waals surface area (Å²) in [6.45, 7) is 0. The summed E-state index contributed by atoms with van der Waals surface area (Å²) in [5, 5.41) is 0. The number of methoxy groups -OCH3 is 2. The number of nitrogens with two attached hydrogens (primary N) is 1. The second kappa shape index (κ2) is 6.05. The Labute approximate surface area is 120 Å². The second-order valence-corrected chi connectivity index (χ2v) is 4.38. The molecule has 0 radical (unpaired) electrons. The second-order valence-electron chi connectivity index (χ2n) is 4.38. The van der Waals surface area contributed by atoms with Crippen LogP contribution in [0.1, 0.15) is 17.2 Å². The molecule has 2 aromatic carbocycles. The van der Waals surface area contributed by atoms with Gasteiger partial charge in [-0.1, -0.05) is 0 Å². The Morgan fingerprint density at radius 3 is 2.10 bits per heavy atom. The van der Waals surface area contributed by atoms with Gasteiger partial charge < -0.3 is 15.2 Å². The van der Waals surface area contributed by atoms with Crippen LogP contribution >= 0.6 is 0 Å². The van der Waals surface area contributed by atoms with Crippen LogP contribution in [0.15, 0.2) is 30.3 Å². The molecule has 0 aliphatic rings. The minimum absolute atomic E-state index is 0.0953. The van der Waals surface area contributed by atoms with Crippen LogP contribution in [0.4, 0.5) is 13.2 Å². The molecule has 2 rings (SSSR count). The molecule has 0 saturated heterocycles. The minimum atomic E-state index is -1.52. The molecule has 1 unspecified atom stereocenters. The van der Waals surface area contributed by atoms with Crippen LogP contribution in [0.5, 0.6) is 11.5 Å². The highest BCUT2D eigenvalue weighted by Gasteiger charge is 2.19. The van der Waals surface area contributed by atoms with Crippen LogP contribution in [0.25, 0.3) is 0 Å². The highest BCUT2D eigenvalue weighted by molar-refractivity contribution is 5.46. The van der Waals surface area contributed by atoms with Gasteiger partial charge in [-0.3, -0.25) is 0 Å². The molecule has 3 nitrogen and oxygen atoms in total. The maximum atomic E-state index is 13.3. The lowest BCUT2D eigenvalue weighted by Crippen LogP contribution is -2.14. The highest BCUT2D eigenvalue weighted by atomic mass is 19.2. The number of hydrogen-bond acceptors (Lipinski definition) is 3. The normalized spacial score (nSPS) is 12.1. The van der Waals surface area contributed by atoms with Crippen molar-refractivity contribution in [2.45, 2.75) is 6.04 Å². The molecule has 0 bridgehead atoms. The number of halogens is 3. The zero-order chi connectivity index (χ0) is 15.6. The van der Waals surface area contributed by atoms with E-state index in [1.807, 2.05) is 0 Å². The summed E-state index contributed by atoms with van der Waals surface area (Å²) in [6, 6.07) is 5.73. The van der Waals surface area contributed by atoms with Crippen molar-refractivity contribution in [3.05, 3.63) is 58.9 Å². The molecule has 6 heteroatoms. The lowest BCUT2D eigenvalue weighted by Gasteiger charge is -2.17. The fourth-order valence-corrected chi connectivity index (χ4v) is 2.02. The van der Waals surface area contributed by atoms with Crippen LogP contribution in [-0.4, -0.2) is 14.2 Å². The van der Waals surface area contributed by atoms with Gasteiger partial charge in [0.15, 0.2) is 17.5 Å². The summed E-state index contributed by atoms with van der Waals surface area (Å²) >= 11 is 0. The summed E-state index contributed by atoms with van der Waals surface area (Å²) in [4.78, 5) is 0.